The van der Waals surface area contributed by atoms with E-state index in [1.54, 1.807) is 26.8 Å². The molecule has 0 bridgehead atoms. The molecule has 7 nitrogen and oxygen atoms in total. The van der Waals surface area contributed by atoms with Crippen molar-refractivity contribution in [3.63, 3.8) is 0 Å². The maximum Gasteiger partial charge on any atom is 0.417 e. The fourth-order valence-electron chi connectivity index (χ4n) is 3.63. The normalized spacial score (nSPS) is 12.8. The minimum absolute atomic E-state index is 0.160. The predicted octanol–water partition coefficient (Wildman–Crippen LogP) is 5.76. The lowest BCUT2D eigenvalue weighted by atomic mass is 10.1. The summed E-state index contributed by atoms with van der Waals surface area (Å²) in [6.45, 7) is 4.06. The maximum atomic E-state index is 13.6. The number of rotatable bonds is 10. The topological polar surface area (TPSA) is 86.8 Å². The summed E-state index contributed by atoms with van der Waals surface area (Å²) in [5.41, 5.74) is -1.25. The predicted molar refractivity (Wildman–Crippen MR) is 143 cm³/mol. The van der Waals surface area contributed by atoms with E-state index in [0.29, 0.717) is 21.0 Å². The van der Waals surface area contributed by atoms with Crippen molar-refractivity contribution in [3.05, 3.63) is 62.6 Å². The SMILES string of the molecule is CC[C@H](C(=O)NC(C)C)N(Cc1ccc(Cl)cc1Cl)C(=O)CN(c1ccc(Cl)c(C(F)(F)F)c1)S(C)(=O)=O. The number of carbonyl (C=O) groups is 2. The minimum atomic E-state index is -4.86. The van der Waals surface area contributed by atoms with Crippen LogP contribution in [-0.4, -0.2) is 50.0 Å². The molecule has 2 aromatic carbocycles. The smallest absolute Gasteiger partial charge is 0.352 e. The van der Waals surface area contributed by atoms with Crippen LogP contribution in [0, 0.1) is 0 Å². The molecule has 0 saturated carbocycles. The fourth-order valence-corrected chi connectivity index (χ4v) is 5.17. The highest BCUT2D eigenvalue weighted by atomic mass is 35.5. The van der Waals surface area contributed by atoms with Gasteiger partial charge in [-0.15, -0.1) is 0 Å². The summed E-state index contributed by atoms with van der Waals surface area (Å²) in [6.07, 6.45) is -3.95. The van der Waals surface area contributed by atoms with Gasteiger partial charge in [-0.25, -0.2) is 8.42 Å². The van der Waals surface area contributed by atoms with Gasteiger partial charge in [-0.2, -0.15) is 13.2 Å². The number of amides is 2. The van der Waals surface area contributed by atoms with Crippen molar-refractivity contribution in [3.8, 4) is 0 Å². The first-order chi connectivity index (χ1) is 17.4. The van der Waals surface area contributed by atoms with Crippen LogP contribution in [0.3, 0.4) is 0 Å². The van der Waals surface area contributed by atoms with E-state index in [-0.39, 0.29) is 24.0 Å². The first-order valence-electron chi connectivity index (χ1n) is 11.3. The highest BCUT2D eigenvalue weighted by Gasteiger charge is 2.36. The number of hydrogen-bond donors (Lipinski definition) is 1. The van der Waals surface area contributed by atoms with E-state index in [1.807, 2.05) is 0 Å². The Hall–Kier alpha value is -2.21. The standard InChI is InChI=1S/C24H27Cl3F3N3O4S/c1-5-21(23(35)31-14(2)3)32(12-15-6-7-16(25)10-20(15)27)22(34)13-33(38(4,36)37)17-8-9-19(26)18(11-17)24(28,29)30/h6-11,14,21H,5,12-13H2,1-4H3,(H,31,35)/t21-/m1/s1. The number of hydrogen-bond acceptors (Lipinski definition) is 4. The molecule has 0 unspecified atom stereocenters. The number of benzene rings is 2. The minimum Gasteiger partial charge on any atom is -0.352 e. The number of alkyl halides is 3. The van der Waals surface area contributed by atoms with Gasteiger partial charge < -0.3 is 10.2 Å². The molecule has 0 radical (unpaired) electrons. The number of sulfonamides is 1. The van der Waals surface area contributed by atoms with Gasteiger partial charge in [0.15, 0.2) is 0 Å². The Labute approximate surface area is 234 Å². The second-order valence-corrected chi connectivity index (χ2v) is 11.9. The van der Waals surface area contributed by atoms with Crippen LogP contribution < -0.4 is 9.62 Å². The van der Waals surface area contributed by atoms with Gasteiger partial charge in [0.05, 0.1) is 22.5 Å². The molecule has 2 aromatic rings. The maximum absolute atomic E-state index is 13.6. The van der Waals surface area contributed by atoms with Crippen LogP contribution in [0.5, 0.6) is 0 Å². The Morgan fingerprint density at radius 2 is 1.66 bits per heavy atom. The Kier molecular flexibility index (Phi) is 10.7. The number of halogens is 6. The number of nitrogens with one attached hydrogen (secondary N) is 1. The van der Waals surface area contributed by atoms with Crippen molar-refractivity contribution in [2.75, 3.05) is 17.1 Å². The molecule has 0 spiro atoms. The lowest BCUT2D eigenvalue weighted by molar-refractivity contribution is -0.140. The second kappa shape index (κ2) is 12.8. The van der Waals surface area contributed by atoms with Crippen LogP contribution in [0.2, 0.25) is 15.1 Å². The van der Waals surface area contributed by atoms with Gasteiger partial charge >= 0.3 is 6.18 Å². The van der Waals surface area contributed by atoms with Gasteiger partial charge in [-0.3, -0.25) is 13.9 Å². The van der Waals surface area contributed by atoms with Crippen molar-refractivity contribution >= 4 is 62.3 Å². The fraction of sp³-hybridized carbons (Fsp3) is 0.417. The zero-order valence-electron chi connectivity index (χ0n) is 20.9. The lowest BCUT2D eigenvalue weighted by Gasteiger charge is -2.33. The first-order valence-corrected chi connectivity index (χ1v) is 14.3. The van der Waals surface area contributed by atoms with Crippen LogP contribution >= 0.6 is 34.8 Å². The summed E-state index contributed by atoms with van der Waals surface area (Å²) < 4.78 is 66.1. The number of anilines is 1. The zero-order valence-corrected chi connectivity index (χ0v) is 24.0. The van der Waals surface area contributed by atoms with E-state index >= 15 is 0 Å². The highest BCUT2D eigenvalue weighted by molar-refractivity contribution is 7.92. The Bertz CT molecular complexity index is 1290. The van der Waals surface area contributed by atoms with Crippen LogP contribution in [0.4, 0.5) is 18.9 Å². The van der Waals surface area contributed by atoms with Gasteiger partial charge in [-0.1, -0.05) is 47.8 Å². The van der Waals surface area contributed by atoms with Crippen molar-refractivity contribution in [2.24, 2.45) is 0 Å². The van der Waals surface area contributed by atoms with Crippen LogP contribution in [0.25, 0.3) is 0 Å². The molecule has 2 amide bonds. The number of nitrogens with zero attached hydrogens (tertiary/aromatic N) is 2. The molecule has 0 heterocycles. The van der Waals surface area contributed by atoms with Gasteiger partial charge in [-0.05, 0) is 56.2 Å². The van der Waals surface area contributed by atoms with E-state index in [2.05, 4.69) is 5.32 Å². The summed E-state index contributed by atoms with van der Waals surface area (Å²) in [5.74, 6) is -1.33. The molecule has 0 aromatic heterocycles. The van der Waals surface area contributed by atoms with E-state index in [1.165, 1.54) is 12.1 Å². The molecule has 0 fully saturated rings. The molecule has 0 aliphatic rings. The quantitative estimate of drug-likeness (QED) is 0.368. The summed E-state index contributed by atoms with van der Waals surface area (Å²) in [4.78, 5) is 27.7. The third kappa shape index (κ3) is 8.39. The molecule has 38 heavy (non-hydrogen) atoms. The Balaban J connectivity index is 2.56. The largest absolute Gasteiger partial charge is 0.417 e. The molecule has 1 N–H and O–H groups in total. The van der Waals surface area contributed by atoms with E-state index in [4.69, 9.17) is 34.8 Å². The van der Waals surface area contributed by atoms with Gasteiger partial charge in [0.1, 0.15) is 12.6 Å². The van der Waals surface area contributed by atoms with E-state index in [9.17, 15) is 31.2 Å². The van der Waals surface area contributed by atoms with Crippen LogP contribution in [0.15, 0.2) is 36.4 Å². The van der Waals surface area contributed by atoms with Gasteiger partial charge in [0.2, 0.25) is 21.8 Å². The van der Waals surface area contributed by atoms with Crippen molar-refractivity contribution in [2.45, 2.75) is 52.0 Å². The van der Waals surface area contributed by atoms with Crippen molar-refractivity contribution < 1.29 is 31.2 Å². The second-order valence-electron chi connectivity index (χ2n) is 8.78. The molecule has 2 rings (SSSR count). The van der Waals surface area contributed by atoms with E-state index in [0.717, 1.165) is 23.3 Å². The van der Waals surface area contributed by atoms with Crippen LogP contribution in [-0.2, 0) is 32.3 Å². The third-order valence-corrected chi connectivity index (χ3v) is 7.45. The average molecular weight is 617 g/mol. The van der Waals surface area contributed by atoms with Crippen molar-refractivity contribution in [1.29, 1.82) is 0 Å². The average Bonchev–Trinajstić information content (AvgIpc) is 2.77. The third-order valence-electron chi connectivity index (χ3n) is 5.40. The molecule has 1 atom stereocenters. The first kappa shape index (κ1) is 32.0. The van der Waals surface area contributed by atoms with Gasteiger partial charge in [0, 0.05) is 22.6 Å². The van der Waals surface area contributed by atoms with E-state index < -0.39 is 56.9 Å². The molecule has 14 heteroatoms. The van der Waals surface area contributed by atoms with Crippen molar-refractivity contribution in [1.82, 2.24) is 10.2 Å². The molecule has 0 saturated heterocycles. The molecular formula is C24H27Cl3F3N3O4S. The monoisotopic (exact) mass is 615 g/mol. The summed E-state index contributed by atoms with van der Waals surface area (Å²) in [7, 11) is -4.25. The van der Waals surface area contributed by atoms with Gasteiger partial charge in [0.25, 0.3) is 0 Å². The molecule has 0 aliphatic carbocycles. The molecule has 210 valence electrons. The molecule has 0 aliphatic heterocycles. The van der Waals surface area contributed by atoms with Crippen LogP contribution in [0.1, 0.15) is 38.3 Å². The highest BCUT2D eigenvalue weighted by Crippen LogP contribution is 2.37. The number of carbonyl (C=O) groups excluding carboxylic acids is 2. The summed E-state index contributed by atoms with van der Waals surface area (Å²) in [5, 5.41) is 2.65. The summed E-state index contributed by atoms with van der Waals surface area (Å²) >= 11 is 17.9. The lowest BCUT2D eigenvalue weighted by Crippen LogP contribution is -2.53. The molecular weight excluding hydrogens is 590 g/mol. The Morgan fingerprint density at radius 3 is 2.16 bits per heavy atom. The Morgan fingerprint density at radius 1 is 1.03 bits per heavy atom. The summed E-state index contributed by atoms with van der Waals surface area (Å²) in [6, 6.07) is 5.78. The zero-order chi connectivity index (χ0) is 29.0.